The van der Waals surface area contributed by atoms with Gasteiger partial charge in [0, 0.05) is 10.7 Å². The number of nitrogens with one attached hydrogen (secondary N) is 1. The third-order valence-corrected chi connectivity index (χ3v) is 5.53. The number of nitrogens with two attached hydrogens (primary N) is 1. The summed E-state index contributed by atoms with van der Waals surface area (Å²) >= 11 is 1.84. The van der Waals surface area contributed by atoms with Crippen molar-refractivity contribution < 1.29 is 0 Å². The van der Waals surface area contributed by atoms with Crippen LogP contribution in [0.4, 0.5) is 0 Å². The van der Waals surface area contributed by atoms with E-state index < -0.39 is 0 Å². The van der Waals surface area contributed by atoms with Crippen LogP contribution in [0.15, 0.2) is 29.6 Å². The molecular weight excluding hydrogens is 252 g/mol. The molecule has 19 heavy (non-hydrogen) atoms. The van der Waals surface area contributed by atoms with Gasteiger partial charge in [-0.1, -0.05) is 31.5 Å². The summed E-state index contributed by atoms with van der Waals surface area (Å²) in [6, 6.07) is 9.09. The summed E-state index contributed by atoms with van der Waals surface area (Å²) in [5, 5.41) is 3.70. The zero-order valence-corrected chi connectivity index (χ0v) is 12.2. The maximum absolute atomic E-state index is 5.81. The standard InChI is InChI=1S/C16H22N2S/c1-11-6-7-12(8-11)15(18-17)9-13-10-19-16-5-3-2-4-14(13)16/h2-5,10-12,15,18H,6-9,17H2,1H3. The van der Waals surface area contributed by atoms with Gasteiger partial charge in [0.2, 0.25) is 0 Å². The van der Waals surface area contributed by atoms with E-state index in [-0.39, 0.29) is 0 Å². The van der Waals surface area contributed by atoms with Gasteiger partial charge < -0.3 is 0 Å². The largest absolute Gasteiger partial charge is 0.271 e. The first-order valence-electron chi connectivity index (χ1n) is 7.19. The first-order chi connectivity index (χ1) is 9.28. The third kappa shape index (κ3) is 2.69. The fraction of sp³-hybridized carbons (Fsp3) is 0.500. The minimum Gasteiger partial charge on any atom is -0.271 e. The van der Waals surface area contributed by atoms with E-state index in [4.69, 9.17) is 5.84 Å². The Labute approximate surface area is 119 Å². The maximum atomic E-state index is 5.81. The van der Waals surface area contributed by atoms with Gasteiger partial charge in [-0.05, 0) is 53.5 Å². The zero-order valence-electron chi connectivity index (χ0n) is 11.4. The summed E-state index contributed by atoms with van der Waals surface area (Å²) in [5.74, 6) is 7.41. The lowest BCUT2D eigenvalue weighted by Crippen LogP contribution is -2.41. The van der Waals surface area contributed by atoms with Crippen LogP contribution < -0.4 is 11.3 Å². The predicted molar refractivity (Wildman–Crippen MR) is 83.1 cm³/mol. The second kappa shape index (κ2) is 5.61. The van der Waals surface area contributed by atoms with Crippen LogP contribution in [0.1, 0.15) is 31.7 Å². The van der Waals surface area contributed by atoms with Crippen molar-refractivity contribution in [2.75, 3.05) is 0 Å². The van der Waals surface area contributed by atoms with E-state index in [1.54, 1.807) is 0 Å². The van der Waals surface area contributed by atoms with E-state index in [0.717, 1.165) is 18.3 Å². The Morgan fingerprint density at radius 2 is 2.21 bits per heavy atom. The molecule has 1 heterocycles. The summed E-state index contributed by atoms with van der Waals surface area (Å²) in [6.45, 7) is 2.35. The Kier molecular flexibility index (Phi) is 3.87. The smallest absolute Gasteiger partial charge is 0.0345 e. The molecule has 3 N–H and O–H groups in total. The maximum Gasteiger partial charge on any atom is 0.0345 e. The predicted octanol–water partition coefficient (Wildman–Crippen LogP) is 3.71. The Hall–Kier alpha value is -0.900. The molecule has 0 spiro atoms. The number of thiophene rings is 1. The average molecular weight is 274 g/mol. The first-order valence-corrected chi connectivity index (χ1v) is 8.07. The topological polar surface area (TPSA) is 38.0 Å². The molecule has 1 saturated carbocycles. The van der Waals surface area contributed by atoms with E-state index in [1.807, 2.05) is 11.3 Å². The van der Waals surface area contributed by atoms with Crippen LogP contribution in [-0.2, 0) is 6.42 Å². The Bertz CT molecular complexity index is 548. The van der Waals surface area contributed by atoms with Gasteiger partial charge in [0.15, 0.2) is 0 Å². The molecule has 0 bridgehead atoms. The van der Waals surface area contributed by atoms with Gasteiger partial charge in [-0.15, -0.1) is 11.3 Å². The molecule has 0 saturated heterocycles. The SMILES string of the molecule is CC1CCC(C(Cc2csc3ccccc23)NN)C1. The van der Waals surface area contributed by atoms with Crippen molar-refractivity contribution in [2.24, 2.45) is 17.7 Å². The Balaban J connectivity index is 1.79. The van der Waals surface area contributed by atoms with Gasteiger partial charge in [-0.3, -0.25) is 11.3 Å². The van der Waals surface area contributed by atoms with E-state index >= 15 is 0 Å². The van der Waals surface area contributed by atoms with E-state index in [0.29, 0.717) is 6.04 Å². The van der Waals surface area contributed by atoms with Crippen molar-refractivity contribution in [3.8, 4) is 0 Å². The molecule has 1 aliphatic carbocycles. The fourth-order valence-electron chi connectivity index (χ4n) is 3.41. The van der Waals surface area contributed by atoms with Crippen molar-refractivity contribution in [2.45, 2.75) is 38.6 Å². The molecular formula is C16H22N2S. The second-order valence-corrected chi connectivity index (χ2v) is 6.82. The van der Waals surface area contributed by atoms with Crippen molar-refractivity contribution in [1.29, 1.82) is 0 Å². The summed E-state index contributed by atoms with van der Waals surface area (Å²) in [5.41, 5.74) is 4.52. The fourth-order valence-corrected chi connectivity index (χ4v) is 4.38. The van der Waals surface area contributed by atoms with Crippen molar-refractivity contribution in [3.05, 3.63) is 35.2 Å². The Morgan fingerprint density at radius 1 is 1.37 bits per heavy atom. The first kappa shape index (κ1) is 13.1. The van der Waals surface area contributed by atoms with Crippen LogP contribution in [0.2, 0.25) is 0 Å². The molecule has 3 heteroatoms. The lowest BCUT2D eigenvalue weighted by molar-refractivity contribution is 0.353. The highest BCUT2D eigenvalue weighted by atomic mass is 32.1. The zero-order chi connectivity index (χ0) is 13.2. The molecule has 102 valence electrons. The minimum absolute atomic E-state index is 0.419. The molecule has 2 aromatic rings. The number of benzene rings is 1. The molecule has 3 atom stereocenters. The molecule has 3 rings (SSSR count). The lowest BCUT2D eigenvalue weighted by Gasteiger charge is -2.22. The van der Waals surface area contributed by atoms with Gasteiger partial charge in [0.25, 0.3) is 0 Å². The quantitative estimate of drug-likeness (QED) is 0.659. The summed E-state index contributed by atoms with van der Waals surface area (Å²) in [4.78, 5) is 0. The number of fused-ring (bicyclic) bond motifs is 1. The van der Waals surface area contributed by atoms with Crippen LogP contribution in [0, 0.1) is 11.8 Å². The average Bonchev–Trinajstić information content (AvgIpc) is 3.03. The van der Waals surface area contributed by atoms with Gasteiger partial charge >= 0.3 is 0 Å². The molecule has 0 amide bonds. The van der Waals surface area contributed by atoms with Crippen LogP contribution in [0.3, 0.4) is 0 Å². The van der Waals surface area contributed by atoms with Crippen molar-refractivity contribution in [3.63, 3.8) is 0 Å². The highest BCUT2D eigenvalue weighted by Gasteiger charge is 2.28. The molecule has 1 aliphatic rings. The normalized spacial score (nSPS) is 24.9. The lowest BCUT2D eigenvalue weighted by atomic mass is 9.92. The highest BCUT2D eigenvalue weighted by molar-refractivity contribution is 7.17. The monoisotopic (exact) mass is 274 g/mol. The molecule has 0 aliphatic heterocycles. The van der Waals surface area contributed by atoms with Gasteiger partial charge in [-0.2, -0.15) is 0 Å². The molecule has 1 aromatic heterocycles. The Morgan fingerprint density at radius 3 is 2.95 bits per heavy atom. The summed E-state index contributed by atoms with van der Waals surface area (Å²) < 4.78 is 1.38. The molecule has 0 radical (unpaired) electrons. The number of rotatable bonds is 4. The number of hydrazine groups is 1. The van der Waals surface area contributed by atoms with E-state index in [1.165, 1.54) is 34.9 Å². The van der Waals surface area contributed by atoms with E-state index in [9.17, 15) is 0 Å². The second-order valence-electron chi connectivity index (χ2n) is 5.91. The van der Waals surface area contributed by atoms with Gasteiger partial charge in [0.05, 0.1) is 0 Å². The summed E-state index contributed by atoms with van der Waals surface area (Å²) in [6.07, 6.45) is 5.04. The van der Waals surface area contributed by atoms with Crippen LogP contribution in [-0.4, -0.2) is 6.04 Å². The van der Waals surface area contributed by atoms with Gasteiger partial charge in [0.1, 0.15) is 0 Å². The number of hydrogen-bond donors (Lipinski definition) is 2. The van der Waals surface area contributed by atoms with Crippen LogP contribution >= 0.6 is 11.3 Å². The van der Waals surface area contributed by atoms with Crippen LogP contribution in [0.25, 0.3) is 10.1 Å². The minimum atomic E-state index is 0.419. The van der Waals surface area contributed by atoms with Crippen molar-refractivity contribution in [1.82, 2.24) is 5.43 Å². The van der Waals surface area contributed by atoms with Crippen LogP contribution in [0.5, 0.6) is 0 Å². The third-order valence-electron chi connectivity index (χ3n) is 4.52. The molecule has 1 aromatic carbocycles. The van der Waals surface area contributed by atoms with Crippen molar-refractivity contribution >= 4 is 21.4 Å². The van der Waals surface area contributed by atoms with E-state index in [2.05, 4.69) is 42.0 Å². The molecule has 2 nitrogen and oxygen atoms in total. The number of hydrogen-bond acceptors (Lipinski definition) is 3. The highest BCUT2D eigenvalue weighted by Crippen LogP contribution is 2.35. The summed E-state index contributed by atoms with van der Waals surface area (Å²) in [7, 11) is 0. The van der Waals surface area contributed by atoms with Gasteiger partial charge in [-0.25, -0.2) is 0 Å². The molecule has 1 fully saturated rings. The molecule has 3 unspecified atom stereocenters.